The lowest BCUT2D eigenvalue weighted by molar-refractivity contribution is -0.140. The van der Waals surface area contributed by atoms with Gasteiger partial charge in [0.1, 0.15) is 11.3 Å². The lowest BCUT2D eigenvalue weighted by Gasteiger charge is -2.12. The van der Waals surface area contributed by atoms with Gasteiger partial charge in [-0.3, -0.25) is 9.98 Å². The number of fused-ring (bicyclic) bond motifs is 1. The van der Waals surface area contributed by atoms with E-state index in [4.69, 9.17) is 5.41 Å². The second kappa shape index (κ2) is 10.1. The van der Waals surface area contributed by atoms with Crippen molar-refractivity contribution in [1.29, 1.82) is 5.41 Å². The number of benzene rings is 1. The maximum atomic E-state index is 13.6. The fourth-order valence-corrected chi connectivity index (χ4v) is 4.10. The summed E-state index contributed by atoms with van der Waals surface area (Å²) in [6.45, 7) is 0.162. The van der Waals surface area contributed by atoms with Gasteiger partial charge in [0.2, 0.25) is 11.5 Å². The summed E-state index contributed by atoms with van der Waals surface area (Å²) in [5.74, 6) is -0.254. The summed E-state index contributed by atoms with van der Waals surface area (Å²) in [7, 11) is 3.11. The Morgan fingerprint density at radius 1 is 1.00 bits per heavy atom. The SMILES string of the molecule is Cn1cc(C(F)(F)F)nc1-c1ccc(Cn2c(=N)n(C)c3cnc(-c4cccnc4OC(F)C(F)F)nc32)cc1. The molecule has 1 N–H and O–H groups in total. The van der Waals surface area contributed by atoms with E-state index in [1.165, 1.54) is 40.7 Å². The third kappa shape index (κ3) is 5.01. The van der Waals surface area contributed by atoms with Gasteiger partial charge in [0.15, 0.2) is 17.2 Å². The van der Waals surface area contributed by atoms with Crippen LogP contribution in [0, 0.1) is 5.41 Å². The van der Waals surface area contributed by atoms with E-state index >= 15 is 0 Å². The van der Waals surface area contributed by atoms with Crippen molar-refractivity contribution in [3.63, 3.8) is 0 Å². The standard InChI is InChI=1S/C25H20F6N8O/c1-37-12-17(25(29,30)31)35-21(37)14-7-5-13(6-8-14)11-39-22-16(38(2)24(39)32)10-34-20(36-22)15-4-3-9-33-23(15)40-19(28)18(26)27/h3-10,12,18-19,32H,11H2,1-2H3. The van der Waals surface area contributed by atoms with Gasteiger partial charge >= 0.3 is 12.6 Å². The molecule has 0 fully saturated rings. The Labute approximate surface area is 221 Å². The maximum Gasteiger partial charge on any atom is 0.434 e. The van der Waals surface area contributed by atoms with Crippen LogP contribution in [0.5, 0.6) is 5.88 Å². The summed E-state index contributed by atoms with van der Waals surface area (Å²) < 4.78 is 87.3. The molecular formula is C25H20F6N8O. The van der Waals surface area contributed by atoms with Gasteiger partial charge in [-0.2, -0.15) is 17.6 Å². The zero-order valence-electron chi connectivity index (χ0n) is 20.9. The molecule has 5 rings (SSSR count). The van der Waals surface area contributed by atoms with Crippen molar-refractivity contribution in [3.8, 4) is 28.7 Å². The number of aromatic nitrogens is 7. The smallest absolute Gasteiger partial charge is 0.434 e. The second-order valence-electron chi connectivity index (χ2n) is 8.79. The van der Waals surface area contributed by atoms with E-state index in [0.717, 1.165) is 6.20 Å². The van der Waals surface area contributed by atoms with Crippen LogP contribution in [0.3, 0.4) is 0 Å². The first-order valence-electron chi connectivity index (χ1n) is 11.6. The number of rotatable bonds is 7. The number of ether oxygens (including phenoxy) is 1. The Hall–Kier alpha value is -4.69. The fraction of sp³-hybridized carbons (Fsp3) is 0.240. The van der Waals surface area contributed by atoms with Crippen LogP contribution in [-0.4, -0.2) is 46.4 Å². The van der Waals surface area contributed by atoms with Crippen LogP contribution in [-0.2, 0) is 26.8 Å². The van der Waals surface area contributed by atoms with Crippen molar-refractivity contribution < 1.29 is 31.1 Å². The normalized spacial score (nSPS) is 12.8. The molecule has 9 nitrogen and oxygen atoms in total. The van der Waals surface area contributed by atoms with Gasteiger partial charge in [-0.1, -0.05) is 24.3 Å². The zero-order chi connectivity index (χ0) is 28.8. The van der Waals surface area contributed by atoms with Crippen molar-refractivity contribution in [2.24, 2.45) is 14.1 Å². The van der Waals surface area contributed by atoms with Gasteiger partial charge in [-0.05, 0) is 17.7 Å². The molecule has 0 aliphatic rings. The van der Waals surface area contributed by atoms with Crippen molar-refractivity contribution in [3.05, 3.63) is 71.9 Å². The first-order chi connectivity index (χ1) is 18.9. The van der Waals surface area contributed by atoms with Crippen LogP contribution in [0.15, 0.2) is 55.0 Å². The molecule has 40 heavy (non-hydrogen) atoms. The van der Waals surface area contributed by atoms with Gasteiger partial charge in [-0.15, -0.1) is 0 Å². The van der Waals surface area contributed by atoms with Crippen molar-refractivity contribution >= 4 is 11.2 Å². The highest BCUT2D eigenvalue weighted by Gasteiger charge is 2.34. The molecule has 0 bridgehead atoms. The molecule has 1 unspecified atom stereocenters. The van der Waals surface area contributed by atoms with E-state index in [2.05, 4.69) is 24.7 Å². The molecule has 0 aliphatic carbocycles. The molecule has 0 saturated carbocycles. The Morgan fingerprint density at radius 3 is 2.38 bits per heavy atom. The van der Waals surface area contributed by atoms with Crippen molar-refractivity contribution in [2.75, 3.05) is 0 Å². The van der Waals surface area contributed by atoms with E-state index in [9.17, 15) is 26.3 Å². The first-order valence-corrected chi connectivity index (χ1v) is 11.6. The Balaban J connectivity index is 1.49. The average Bonchev–Trinajstić information content (AvgIpc) is 3.43. The zero-order valence-corrected chi connectivity index (χ0v) is 20.9. The predicted molar refractivity (Wildman–Crippen MR) is 130 cm³/mol. The molecule has 4 aromatic heterocycles. The average molecular weight is 562 g/mol. The number of pyridine rings is 1. The molecule has 0 radical (unpaired) electrons. The Kier molecular flexibility index (Phi) is 6.81. The van der Waals surface area contributed by atoms with E-state index in [0.29, 0.717) is 22.3 Å². The van der Waals surface area contributed by atoms with Crippen molar-refractivity contribution in [2.45, 2.75) is 25.5 Å². The molecule has 1 atom stereocenters. The van der Waals surface area contributed by atoms with Crippen LogP contribution < -0.4 is 10.4 Å². The largest absolute Gasteiger partial charge is 0.436 e. The van der Waals surface area contributed by atoms with E-state index < -0.39 is 30.5 Å². The number of nitrogens with one attached hydrogen (secondary N) is 1. The summed E-state index contributed by atoms with van der Waals surface area (Å²) >= 11 is 0. The highest BCUT2D eigenvalue weighted by atomic mass is 19.4. The number of halogens is 6. The van der Waals surface area contributed by atoms with E-state index in [1.807, 2.05) is 0 Å². The summed E-state index contributed by atoms with van der Waals surface area (Å²) in [6, 6.07) is 9.58. The monoisotopic (exact) mass is 562 g/mol. The van der Waals surface area contributed by atoms with Gasteiger partial charge in [0, 0.05) is 32.1 Å². The van der Waals surface area contributed by atoms with Gasteiger partial charge in [0.05, 0.1) is 18.3 Å². The maximum absolute atomic E-state index is 13.6. The number of hydrogen-bond acceptors (Lipinski definition) is 6. The summed E-state index contributed by atoms with van der Waals surface area (Å²) in [4.78, 5) is 16.3. The topological polar surface area (TPSA) is 99.4 Å². The quantitative estimate of drug-likeness (QED) is 0.290. The Bertz CT molecular complexity index is 1740. The molecule has 0 saturated heterocycles. The number of imidazole rings is 2. The second-order valence-corrected chi connectivity index (χ2v) is 8.79. The molecule has 208 valence electrons. The van der Waals surface area contributed by atoms with Crippen LogP contribution in [0.1, 0.15) is 11.3 Å². The summed E-state index contributed by atoms with van der Waals surface area (Å²) in [5.41, 5.74) is 1.14. The molecule has 5 aromatic rings. The molecule has 0 aliphatic heterocycles. The lowest BCUT2D eigenvalue weighted by atomic mass is 10.1. The highest BCUT2D eigenvalue weighted by molar-refractivity contribution is 5.74. The predicted octanol–water partition coefficient (Wildman–Crippen LogP) is 4.72. The van der Waals surface area contributed by atoms with Gasteiger partial charge < -0.3 is 13.9 Å². The van der Waals surface area contributed by atoms with Crippen molar-refractivity contribution in [1.82, 2.24) is 33.6 Å². The third-order valence-electron chi connectivity index (χ3n) is 6.09. The van der Waals surface area contributed by atoms with E-state index in [1.54, 1.807) is 35.9 Å². The highest BCUT2D eigenvalue weighted by Crippen LogP contribution is 2.31. The van der Waals surface area contributed by atoms with Crippen LogP contribution in [0.2, 0.25) is 0 Å². The third-order valence-corrected chi connectivity index (χ3v) is 6.09. The first kappa shape index (κ1) is 26.9. The van der Waals surface area contributed by atoms with Gasteiger partial charge in [0.25, 0.3) is 6.36 Å². The fourth-order valence-electron chi connectivity index (χ4n) is 4.10. The number of alkyl halides is 6. The Morgan fingerprint density at radius 2 is 1.73 bits per heavy atom. The minimum absolute atomic E-state index is 0.0158. The molecule has 0 amide bonds. The molecule has 1 aromatic carbocycles. The van der Waals surface area contributed by atoms with E-state index in [-0.39, 0.29) is 29.4 Å². The molecule has 4 heterocycles. The summed E-state index contributed by atoms with van der Waals surface area (Å²) in [5, 5.41) is 8.56. The number of hydrogen-bond donors (Lipinski definition) is 1. The van der Waals surface area contributed by atoms with Crippen LogP contribution >= 0.6 is 0 Å². The van der Waals surface area contributed by atoms with Crippen LogP contribution in [0.4, 0.5) is 26.3 Å². The number of aryl methyl sites for hydroxylation is 2. The molecule has 0 spiro atoms. The number of nitrogens with zero attached hydrogens (tertiary/aromatic N) is 7. The molecule has 15 heteroatoms. The van der Waals surface area contributed by atoms with Crippen LogP contribution in [0.25, 0.3) is 33.9 Å². The lowest BCUT2D eigenvalue weighted by Crippen LogP contribution is -2.23. The minimum Gasteiger partial charge on any atom is -0.436 e. The summed E-state index contributed by atoms with van der Waals surface area (Å²) in [6.07, 6.45) is -7.24. The minimum atomic E-state index is -4.56. The van der Waals surface area contributed by atoms with Gasteiger partial charge in [-0.25, -0.2) is 28.7 Å². The molecular weight excluding hydrogens is 542 g/mol.